The molecule has 2 amide bonds. The third-order valence-corrected chi connectivity index (χ3v) is 4.22. The molecule has 2 N–H and O–H groups in total. The van der Waals surface area contributed by atoms with Gasteiger partial charge in [-0.3, -0.25) is 9.59 Å². The zero-order chi connectivity index (χ0) is 15.2. The first kappa shape index (κ1) is 15.5. The van der Waals surface area contributed by atoms with Crippen LogP contribution in [-0.4, -0.2) is 23.9 Å². The van der Waals surface area contributed by atoms with Gasteiger partial charge in [0.2, 0.25) is 5.91 Å². The molecule has 0 spiro atoms. The lowest BCUT2D eigenvalue weighted by Crippen LogP contribution is -2.50. The summed E-state index contributed by atoms with van der Waals surface area (Å²) in [5.74, 6) is 0.202. The molecule has 1 aliphatic carbocycles. The van der Waals surface area contributed by atoms with Crippen molar-refractivity contribution >= 4 is 11.8 Å². The molecule has 0 unspecified atom stereocenters. The molecule has 1 saturated carbocycles. The summed E-state index contributed by atoms with van der Waals surface area (Å²) in [6.07, 6.45) is 4.61. The van der Waals surface area contributed by atoms with E-state index in [1.165, 1.54) is 12.8 Å². The lowest BCUT2D eigenvalue weighted by Gasteiger charge is -2.30. The van der Waals surface area contributed by atoms with Crippen LogP contribution in [-0.2, 0) is 4.79 Å². The van der Waals surface area contributed by atoms with Gasteiger partial charge in [0, 0.05) is 11.6 Å². The van der Waals surface area contributed by atoms with Crippen LogP contribution in [0.2, 0.25) is 0 Å². The Balaban J connectivity index is 1.86. The number of amides is 2. The van der Waals surface area contributed by atoms with Crippen LogP contribution in [0.25, 0.3) is 0 Å². The second kappa shape index (κ2) is 7.25. The van der Waals surface area contributed by atoms with Crippen LogP contribution < -0.4 is 10.6 Å². The maximum absolute atomic E-state index is 12.2. The fourth-order valence-electron chi connectivity index (χ4n) is 2.77. The average molecular weight is 288 g/mol. The summed E-state index contributed by atoms with van der Waals surface area (Å²) in [7, 11) is 0. The smallest absolute Gasteiger partial charge is 0.251 e. The second-order valence-electron chi connectivity index (χ2n) is 5.94. The van der Waals surface area contributed by atoms with Crippen LogP contribution in [0.4, 0.5) is 0 Å². The number of benzene rings is 1. The first-order valence-electron chi connectivity index (χ1n) is 7.74. The van der Waals surface area contributed by atoms with Crippen molar-refractivity contribution in [2.24, 2.45) is 5.92 Å². The third kappa shape index (κ3) is 4.31. The molecular weight excluding hydrogens is 264 g/mol. The lowest BCUT2D eigenvalue weighted by atomic mass is 9.86. The zero-order valence-electron chi connectivity index (χ0n) is 12.8. The van der Waals surface area contributed by atoms with Crippen molar-refractivity contribution in [3.63, 3.8) is 0 Å². The van der Waals surface area contributed by atoms with Gasteiger partial charge >= 0.3 is 0 Å². The van der Waals surface area contributed by atoms with E-state index in [0.29, 0.717) is 11.5 Å². The normalized spacial score (nSPS) is 23.1. The van der Waals surface area contributed by atoms with Gasteiger partial charge in [0.25, 0.3) is 5.91 Å². The van der Waals surface area contributed by atoms with Gasteiger partial charge in [0.15, 0.2) is 0 Å². The molecule has 0 aromatic heterocycles. The predicted molar refractivity (Wildman–Crippen MR) is 82.9 cm³/mol. The maximum atomic E-state index is 12.2. The van der Waals surface area contributed by atoms with E-state index in [4.69, 9.17) is 0 Å². The molecule has 114 valence electrons. The van der Waals surface area contributed by atoms with Crippen molar-refractivity contribution in [2.45, 2.75) is 51.6 Å². The van der Waals surface area contributed by atoms with Gasteiger partial charge in [-0.1, -0.05) is 38.0 Å². The molecule has 4 heteroatoms. The van der Waals surface area contributed by atoms with Gasteiger partial charge in [-0.2, -0.15) is 0 Å². The van der Waals surface area contributed by atoms with Crippen LogP contribution in [0.15, 0.2) is 30.3 Å². The Hall–Kier alpha value is -1.84. The van der Waals surface area contributed by atoms with Crippen LogP contribution in [0.5, 0.6) is 0 Å². The molecule has 3 atom stereocenters. The maximum Gasteiger partial charge on any atom is 0.251 e. The molecule has 1 aliphatic rings. The Morgan fingerprint density at radius 3 is 2.48 bits per heavy atom. The summed E-state index contributed by atoms with van der Waals surface area (Å²) in [6.45, 7) is 3.90. The fraction of sp³-hybridized carbons (Fsp3) is 0.529. The molecule has 0 bridgehead atoms. The third-order valence-electron chi connectivity index (χ3n) is 4.22. The van der Waals surface area contributed by atoms with Crippen molar-refractivity contribution in [1.82, 2.24) is 10.6 Å². The number of nitrogens with one attached hydrogen (secondary N) is 2. The molecule has 0 heterocycles. The lowest BCUT2D eigenvalue weighted by molar-refractivity contribution is -0.123. The topological polar surface area (TPSA) is 58.2 Å². The highest BCUT2D eigenvalue weighted by atomic mass is 16.2. The number of carbonyl (C=O) groups excluding carboxylic acids is 2. The minimum Gasteiger partial charge on any atom is -0.351 e. The summed E-state index contributed by atoms with van der Waals surface area (Å²) in [4.78, 5) is 24.2. The van der Waals surface area contributed by atoms with Gasteiger partial charge in [-0.25, -0.2) is 0 Å². The van der Waals surface area contributed by atoms with E-state index < -0.39 is 6.04 Å². The first-order valence-corrected chi connectivity index (χ1v) is 7.74. The van der Waals surface area contributed by atoms with E-state index in [1.807, 2.05) is 18.2 Å². The Bertz CT molecular complexity index is 487. The number of rotatable bonds is 4. The van der Waals surface area contributed by atoms with Crippen LogP contribution >= 0.6 is 0 Å². The SMILES string of the molecule is C[C@H](NC(=O)c1ccccc1)C(=O)N[C@H]1CCCC[C@H]1C. The van der Waals surface area contributed by atoms with Crippen molar-refractivity contribution in [3.05, 3.63) is 35.9 Å². The van der Waals surface area contributed by atoms with E-state index in [2.05, 4.69) is 17.6 Å². The molecule has 1 fully saturated rings. The highest BCUT2D eigenvalue weighted by Gasteiger charge is 2.25. The van der Waals surface area contributed by atoms with Gasteiger partial charge in [0.05, 0.1) is 0 Å². The van der Waals surface area contributed by atoms with Gasteiger partial charge in [0.1, 0.15) is 6.04 Å². The van der Waals surface area contributed by atoms with E-state index >= 15 is 0 Å². The van der Waals surface area contributed by atoms with Gasteiger partial charge in [-0.05, 0) is 37.8 Å². The monoisotopic (exact) mass is 288 g/mol. The summed E-state index contributed by atoms with van der Waals surface area (Å²) in [6, 6.07) is 8.67. The van der Waals surface area contributed by atoms with E-state index in [0.717, 1.165) is 12.8 Å². The van der Waals surface area contributed by atoms with Crippen molar-refractivity contribution in [1.29, 1.82) is 0 Å². The Kier molecular flexibility index (Phi) is 5.37. The van der Waals surface area contributed by atoms with Crippen LogP contribution in [0.3, 0.4) is 0 Å². The van der Waals surface area contributed by atoms with Gasteiger partial charge in [-0.15, -0.1) is 0 Å². The number of hydrogen-bond acceptors (Lipinski definition) is 2. The van der Waals surface area contributed by atoms with E-state index in [9.17, 15) is 9.59 Å². The van der Waals surface area contributed by atoms with Crippen molar-refractivity contribution in [3.8, 4) is 0 Å². The molecule has 2 rings (SSSR count). The van der Waals surface area contributed by atoms with Crippen LogP contribution in [0.1, 0.15) is 49.9 Å². The minimum absolute atomic E-state index is 0.0990. The van der Waals surface area contributed by atoms with E-state index in [1.54, 1.807) is 19.1 Å². The zero-order valence-corrected chi connectivity index (χ0v) is 12.8. The van der Waals surface area contributed by atoms with Gasteiger partial charge < -0.3 is 10.6 Å². The summed E-state index contributed by atoms with van der Waals surface area (Å²) in [5.41, 5.74) is 0.572. The molecule has 1 aromatic carbocycles. The molecule has 0 saturated heterocycles. The summed E-state index contributed by atoms with van der Waals surface area (Å²) in [5, 5.41) is 5.82. The molecule has 0 aliphatic heterocycles. The highest BCUT2D eigenvalue weighted by molar-refractivity contribution is 5.97. The van der Waals surface area contributed by atoms with E-state index in [-0.39, 0.29) is 17.9 Å². The second-order valence-corrected chi connectivity index (χ2v) is 5.94. The standard InChI is InChI=1S/C17H24N2O2/c1-12-8-6-7-11-15(12)19-16(20)13(2)18-17(21)14-9-4-3-5-10-14/h3-5,9-10,12-13,15H,6-8,11H2,1-2H3,(H,18,21)(H,19,20)/t12-,13+,15+/m1/s1. The highest BCUT2D eigenvalue weighted by Crippen LogP contribution is 2.23. The molecule has 1 aromatic rings. The number of hydrogen-bond donors (Lipinski definition) is 2. The molecule has 4 nitrogen and oxygen atoms in total. The van der Waals surface area contributed by atoms with Crippen LogP contribution in [0, 0.1) is 5.92 Å². The first-order chi connectivity index (χ1) is 10.1. The summed E-state index contributed by atoms with van der Waals surface area (Å²) >= 11 is 0. The molecule has 0 radical (unpaired) electrons. The fourth-order valence-corrected chi connectivity index (χ4v) is 2.77. The largest absolute Gasteiger partial charge is 0.351 e. The summed E-state index contributed by atoms with van der Waals surface area (Å²) < 4.78 is 0. The quantitative estimate of drug-likeness (QED) is 0.894. The minimum atomic E-state index is -0.521. The Labute approximate surface area is 126 Å². The Morgan fingerprint density at radius 1 is 1.14 bits per heavy atom. The van der Waals surface area contributed by atoms with Crippen molar-refractivity contribution < 1.29 is 9.59 Å². The Morgan fingerprint density at radius 2 is 1.81 bits per heavy atom. The molecular formula is C17H24N2O2. The predicted octanol–water partition coefficient (Wildman–Crippen LogP) is 2.50. The molecule has 21 heavy (non-hydrogen) atoms. The average Bonchev–Trinajstić information content (AvgIpc) is 2.50. The number of carbonyl (C=O) groups is 2. The van der Waals surface area contributed by atoms with Crippen molar-refractivity contribution in [2.75, 3.05) is 0 Å².